The lowest BCUT2D eigenvalue weighted by Crippen LogP contribution is -1.98. The highest BCUT2D eigenvalue weighted by molar-refractivity contribution is 6.32. The van der Waals surface area contributed by atoms with Crippen LogP contribution < -0.4 is 4.74 Å². The molecule has 0 bridgehead atoms. The minimum atomic E-state index is -0.444. The van der Waals surface area contributed by atoms with E-state index in [-0.39, 0.29) is 5.02 Å². The smallest absolute Gasteiger partial charge is 0.153 e. The van der Waals surface area contributed by atoms with Crippen molar-refractivity contribution in [2.45, 2.75) is 32.6 Å². The lowest BCUT2D eigenvalue weighted by Gasteiger charge is -2.12. The lowest BCUT2D eigenvalue weighted by atomic mass is 9.98. The Hall–Kier alpha value is -2.58. The first-order chi connectivity index (χ1) is 14.1. The van der Waals surface area contributed by atoms with Crippen LogP contribution in [0.2, 0.25) is 5.02 Å². The van der Waals surface area contributed by atoms with Gasteiger partial charge in [-0.05, 0) is 53.6 Å². The molecule has 0 saturated heterocycles. The summed E-state index contributed by atoms with van der Waals surface area (Å²) in [4.78, 5) is 0. The zero-order valence-corrected chi connectivity index (χ0v) is 17.5. The van der Waals surface area contributed by atoms with E-state index in [4.69, 9.17) is 16.3 Å². The van der Waals surface area contributed by atoms with Gasteiger partial charge in [0.2, 0.25) is 0 Å². The van der Waals surface area contributed by atoms with Crippen LogP contribution in [0.15, 0.2) is 73.3 Å². The Morgan fingerprint density at radius 3 is 2.17 bits per heavy atom. The van der Waals surface area contributed by atoms with E-state index < -0.39 is 5.82 Å². The molecule has 0 aliphatic rings. The number of aryl methyl sites for hydroxylation is 1. The van der Waals surface area contributed by atoms with Crippen LogP contribution in [0.4, 0.5) is 4.39 Å². The van der Waals surface area contributed by atoms with Gasteiger partial charge >= 0.3 is 0 Å². The number of halogens is 2. The Bertz CT molecular complexity index is 946. The molecule has 0 aromatic heterocycles. The molecule has 29 heavy (non-hydrogen) atoms. The van der Waals surface area contributed by atoms with E-state index in [1.165, 1.54) is 5.56 Å². The average molecular weight is 409 g/mol. The summed E-state index contributed by atoms with van der Waals surface area (Å²) < 4.78 is 20.4. The highest BCUT2D eigenvalue weighted by Crippen LogP contribution is 2.35. The van der Waals surface area contributed by atoms with E-state index in [9.17, 15) is 4.39 Å². The maximum absolute atomic E-state index is 14.8. The highest BCUT2D eigenvalue weighted by Gasteiger charge is 2.14. The fourth-order valence-electron chi connectivity index (χ4n) is 3.17. The second kappa shape index (κ2) is 10.3. The average Bonchev–Trinajstić information content (AvgIpc) is 2.76. The molecular weight excluding hydrogens is 383 g/mol. The molecule has 3 rings (SSSR count). The van der Waals surface area contributed by atoms with Crippen molar-refractivity contribution in [2.24, 2.45) is 0 Å². The van der Waals surface area contributed by atoms with Crippen LogP contribution in [-0.4, -0.2) is 6.61 Å². The van der Waals surface area contributed by atoms with Gasteiger partial charge in [-0.1, -0.05) is 79.6 Å². The van der Waals surface area contributed by atoms with E-state index >= 15 is 0 Å². The SMILES string of the molecule is C=CCCc1ccc(-c2ccc(-c3ccc(OCCCC)c(Cl)c3F)cc2)cc1. The number of ether oxygens (including phenoxy) is 1. The normalized spacial score (nSPS) is 10.7. The largest absolute Gasteiger partial charge is 0.492 e. The van der Waals surface area contributed by atoms with Gasteiger partial charge in [0.05, 0.1) is 6.61 Å². The Balaban J connectivity index is 1.77. The molecule has 0 amide bonds. The van der Waals surface area contributed by atoms with Crippen LogP contribution in [0.3, 0.4) is 0 Å². The van der Waals surface area contributed by atoms with Gasteiger partial charge in [0.25, 0.3) is 0 Å². The summed E-state index contributed by atoms with van der Waals surface area (Å²) in [6.45, 7) is 6.38. The molecule has 3 aromatic carbocycles. The minimum Gasteiger partial charge on any atom is -0.492 e. The number of unbranched alkanes of at least 4 members (excludes halogenated alkanes) is 1. The molecule has 0 aliphatic carbocycles. The maximum Gasteiger partial charge on any atom is 0.153 e. The van der Waals surface area contributed by atoms with Crippen LogP contribution in [0.25, 0.3) is 22.3 Å². The summed E-state index contributed by atoms with van der Waals surface area (Å²) >= 11 is 6.20. The Kier molecular flexibility index (Phi) is 7.48. The van der Waals surface area contributed by atoms with Gasteiger partial charge in [-0.25, -0.2) is 4.39 Å². The number of rotatable bonds is 9. The van der Waals surface area contributed by atoms with Crippen molar-refractivity contribution in [1.82, 2.24) is 0 Å². The number of hydrogen-bond acceptors (Lipinski definition) is 1. The van der Waals surface area contributed by atoms with E-state index in [0.29, 0.717) is 17.9 Å². The topological polar surface area (TPSA) is 9.23 Å². The Morgan fingerprint density at radius 1 is 0.931 bits per heavy atom. The summed E-state index contributed by atoms with van der Waals surface area (Å²) in [6.07, 6.45) is 5.84. The van der Waals surface area contributed by atoms with Gasteiger partial charge < -0.3 is 4.74 Å². The molecule has 0 heterocycles. The zero-order valence-electron chi connectivity index (χ0n) is 16.8. The van der Waals surface area contributed by atoms with Crippen molar-refractivity contribution >= 4 is 11.6 Å². The Morgan fingerprint density at radius 2 is 1.55 bits per heavy atom. The molecule has 0 spiro atoms. The van der Waals surface area contributed by atoms with Crippen molar-refractivity contribution in [1.29, 1.82) is 0 Å². The van der Waals surface area contributed by atoms with Gasteiger partial charge in [0, 0.05) is 5.56 Å². The van der Waals surface area contributed by atoms with E-state index in [0.717, 1.165) is 42.4 Å². The van der Waals surface area contributed by atoms with Gasteiger partial charge in [-0.2, -0.15) is 0 Å². The first-order valence-corrected chi connectivity index (χ1v) is 10.4. The monoisotopic (exact) mass is 408 g/mol. The van der Waals surface area contributed by atoms with E-state index in [1.807, 2.05) is 30.3 Å². The molecule has 0 unspecified atom stereocenters. The van der Waals surface area contributed by atoms with Crippen molar-refractivity contribution in [3.8, 4) is 28.0 Å². The molecule has 0 N–H and O–H groups in total. The van der Waals surface area contributed by atoms with Crippen LogP contribution in [0, 0.1) is 5.82 Å². The molecule has 1 nitrogen and oxygen atoms in total. The third-order valence-corrected chi connectivity index (χ3v) is 5.27. The second-order valence-corrected chi connectivity index (χ2v) is 7.42. The third-order valence-electron chi connectivity index (χ3n) is 4.92. The first kappa shape index (κ1) is 21.1. The number of allylic oxidation sites excluding steroid dienone is 1. The standard InChI is InChI=1S/C26H26ClFO/c1-3-5-7-19-8-10-20(11-9-19)21-12-14-22(15-13-21)23-16-17-24(25(27)26(23)28)29-18-6-4-2/h3,8-17H,1,4-7,18H2,2H3. The summed E-state index contributed by atoms with van der Waals surface area (Å²) in [5.74, 6) is -0.0467. The molecule has 0 atom stereocenters. The number of benzene rings is 3. The summed E-state index contributed by atoms with van der Waals surface area (Å²) in [5.41, 5.74) is 4.79. The molecular formula is C26H26ClFO. The maximum atomic E-state index is 14.8. The second-order valence-electron chi connectivity index (χ2n) is 7.04. The van der Waals surface area contributed by atoms with Gasteiger partial charge in [-0.3, -0.25) is 0 Å². The van der Waals surface area contributed by atoms with Crippen LogP contribution in [0.5, 0.6) is 5.75 Å². The van der Waals surface area contributed by atoms with Crippen molar-refractivity contribution < 1.29 is 9.13 Å². The molecule has 0 aliphatic heterocycles. The van der Waals surface area contributed by atoms with Crippen LogP contribution >= 0.6 is 11.6 Å². The molecule has 0 saturated carbocycles. The van der Waals surface area contributed by atoms with Gasteiger partial charge in [0.1, 0.15) is 10.8 Å². The zero-order chi connectivity index (χ0) is 20.6. The lowest BCUT2D eigenvalue weighted by molar-refractivity contribution is 0.308. The van der Waals surface area contributed by atoms with Crippen molar-refractivity contribution in [3.63, 3.8) is 0 Å². The summed E-state index contributed by atoms with van der Waals surface area (Å²) in [6, 6.07) is 19.9. The quantitative estimate of drug-likeness (QED) is 0.256. The van der Waals surface area contributed by atoms with Gasteiger partial charge in [-0.15, -0.1) is 6.58 Å². The van der Waals surface area contributed by atoms with Crippen molar-refractivity contribution in [2.75, 3.05) is 6.61 Å². The number of hydrogen-bond donors (Lipinski definition) is 0. The first-order valence-electron chi connectivity index (χ1n) is 10.1. The Labute approximate surface area is 177 Å². The predicted octanol–water partition coefficient (Wildman–Crippen LogP) is 8.11. The molecule has 3 heteroatoms. The minimum absolute atomic E-state index is 0.0396. The molecule has 0 fully saturated rings. The third kappa shape index (κ3) is 5.27. The highest BCUT2D eigenvalue weighted by atomic mass is 35.5. The van der Waals surface area contributed by atoms with E-state index in [1.54, 1.807) is 12.1 Å². The fourth-order valence-corrected chi connectivity index (χ4v) is 3.39. The predicted molar refractivity (Wildman–Crippen MR) is 121 cm³/mol. The summed E-state index contributed by atoms with van der Waals surface area (Å²) in [7, 11) is 0. The van der Waals surface area contributed by atoms with Crippen LogP contribution in [0.1, 0.15) is 31.7 Å². The fraction of sp³-hybridized carbons (Fsp3) is 0.231. The van der Waals surface area contributed by atoms with Crippen LogP contribution in [-0.2, 0) is 6.42 Å². The molecule has 150 valence electrons. The van der Waals surface area contributed by atoms with Gasteiger partial charge in [0.15, 0.2) is 5.82 Å². The molecule has 3 aromatic rings. The van der Waals surface area contributed by atoms with Crippen molar-refractivity contribution in [3.05, 3.63) is 89.7 Å². The van der Waals surface area contributed by atoms with E-state index in [2.05, 4.69) is 37.8 Å². The summed E-state index contributed by atoms with van der Waals surface area (Å²) in [5, 5.41) is 0.0396. The molecule has 0 radical (unpaired) electrons.